The average Bonchev–Trinajstić information content (AvgIpc) is 2.85. The van der Waals surface area contributed by atoms with Crippen LogP contribution >= 0.6 is 0 Å². The molecule has 0 spiro atoms. The second-order valence-electron chi connectivity index (χ2n) is 9.14. The maximum Gasteiger partial charge on any atom is 0.166 e. The molecule has 4 rings (SSSR count). The maximum atomic E-state index is 14.9. The zero-order valence-electron chi connectivity index (χ0n) is 19.8. The van der Waals surface area contributed by atoms with Crippen LogP contribution in [0.5, 0.6) is 0 Å². The van der Waals surface area contributed by atoms with E-state index in [0.717, 1.165) is 24.8 Å². The van der Waals surface area contributed by atoms with Gasteiger partial charge in [0.15, 0.2) is 11.6 Å². The van der Waals surface area contributed by atoms with E-state index < -0.39 is 11.6 Å². The molecule has 1 aliphatic heterocycles. The van der Waals surface area contributed by atoms with Crippen LogP contribution in [0.3, 0.4) is 0 Å². The average molecular weight is 465 g/mol. The van der Waals surface area contributed by atoms with Crippen molar-refractivity contribution in [3.05, 3.63) is 95.3 Å². The van der Waals surface area contributed by atoms with E-state index in [-0.39, 0.29) is 17.5 Å². The number of hydrogen-bond acceptors (Lipinski definition) is 1. The molecule has 0 aliphatic carbocycles. The Balaban J connectivity index is 1.51. The minimum absolute atomic E-state index is 0.0642. The highest BCUT2D eigenvalue weighted by atomic mass is 19.2. The molecule has 0 radical (unpaired) electrons. The van der Waals surface area contributed by atoms with Crippen LogP contribution in [-0.2, 0) is 11.2 Å². The summed E-state index contributed by atoms with van der Waals surface area (Å²) in [6, 6.07) is 15.4. The summed E-state index contributed by atoms with van der Waals surface area (Å²) in [4.78, 5) is 0. The number of benzene rings is 3. The first-order valence-electron chi connectivity index (χ1n) is 12.1. The summed E-state index contributed by atoms with van der Waals surface area (Å²) in [5.74, 6) is -1.42. The van der Waals surface area contributed by atoms with Gasteiger partial charge in [-0.05, 0) is 66.3 Å². The highest BCUT2D eigenvalue weighted by Gasteiger charge is 2.21. The van der Waals surface area contributed by atoms with Crippen molar-refractivity contribution >= 4 is 0 Å². The van der Waals surface area contributed by atoms with E-state index in [1.165, 1.54) is 0 Å². The molecule has 1 nitrogen and oxygen atoms in total. The predicted octanol–water partition coefficient (Wildman–Crippen LogP) is 8.82. The fourth-order valence-electron chi connectivity index (χ4n) is 4.47. The third-order valence-electron chi connectivity index (χ3n) is 6.52. The zero-order valence-corrected chi connectivity index (χ0v) is 19.8. The second-order valence-corrected chi connectivity index (χ2v) is 9.14. The number of ether oxygens (including phenoxy) is 1. The molecule has 4 heteroatoms. The van der Waals surface area contributed by atoms with Crippen LogP contribution in [0.2, 0.25) is 0 Å². The Labute approximate surface area is 200 Å². The SMILES string of the molecule is CC/C=C/CCc1ccc(-c2ccc(-c3ccc(C4CCC(C)CO4)cc3F)cc2)c(F)c1F. The highest BCUT2D eigenvalue weighted by Crippen LogP contribution is 2.34. The summed E-state index contributed by atoms with van der Waals surface area (Å²) in [5, 5.41) is 0. The molecule has 0 N–H and O–H groups in total. The molecular formula is C30H31F3O. The first kappa shape index (κ1) is 24.3. The van der Waals surface area contributed by atoms with Crippen molar-refractivity contribution in [2.75, 3.05) is 6.61 Å². The number of allylic oxidation sites excluding steroid dienone is 2. The van der Waals surface area contributed by atoms with Gasteiger partial charge in [-0.3, -0.25) is 0 Å². The lowest BCUT2D eigenvalue weighted by atomic mass is 9.93. The number of aryl methyl sites for hydroxylation is 1. The number of rotatable bonds is 7. The van der Waals surface area contributed by atoms with Crippen LogP contribution in [0.1, 0.15) is 56.8 Å². The molecule has 178 valence electrons. The lowest BCUT2D eigenvalue weighted by Gasteiger charge is -2.27. The van der Waals surface area contributed by atoms with Crippen LogP contribution in [-0.4, -0.2) is 6.61 Å². The third kappa shape index (κ3) is 5.44. The molecule has 1 aliphatic rings. The lowest BCUT2D eigenvalue weighted by Crippen LogP contribution is -2.18. The van der Waals surface area contributed by atoms with E-state index in [1.54, 1.807) is 48.5 Å². The first-order valence-corrected chi connectivity index (χ1v) is 12.1. The largest absolute Gasteiger partial charge is 0.373 e. The van der Waals surface area contributed by atoms with Crippen molar-refractivity contribution in [1.82, 2.24) is 0 Å². The zero-order chi connectivity index (χ0) is 24.1. The van der Waals surface area contributed by atoms with Gasteiger partial charge in [-0.1, -0.05) is 74.5 Å². The van der Waals surface area contributed by atoms with Gasteiger partial charge in [0.1, 0.15) is 5.82 Å². The van der Waals surface area contributed by atoms with Crippen LogP contribution in [0.15, 0.2) is 66.7 Å². The third-order valence-corrected chi connectivity index (χ3v) is 6.52. The Morgan fingerprint density at radius 2 is 1.56 bits per heavy atom. The van der Waals surface area contributed by atoms with Gasteiger partial charge in [-0.25, -0.2) is 13.2 Å². The van der Waals surface area contributed by atoms with Crippen molar-refractivity contribution in [1.29, 1.82) is 0 Å². The summed E-state index contributed by atoms with van der Waals surface area (Å²) < 4.78 is 50.2. The van der Waals surface area contributed by atoms with Crippen molar-refractivity contribution in [3.63, 3.8) is 0 Å². The minimum Gasteiger partial charge on any atom is -0.373 e. The Kier molecular flexibility index (Phi) is 7.89. The van der Waals surface area contributed by atoms with Crippen LogP contribution in [0.4, 0.5) is 13.2 Å². The molecule has 3 aromatic rings. The van der Waals surface area contributed by atoms with Gasteiger partial charge < -0.3 is 4.74 Å². The van der Waals surface area contributed by atoms with Crippen molar-refractivity contribution < 1.29 is 17.9 Å². The molecule has 34 heavy (non-hydrogen) atoms. The maximum absolute atomic E-state index is 14.9. The predicted molar refractivity (Wildman–Crippen MR) is 132 cm³/mol. The van der Waals surface area contributed by atoms with Gasteiger partial charge in [0.05, 0.1) is 6.10 Å². The van der Waals surface area contributed by atoms with E-state index in [0.29, 0.717) is 47.6 Å². The quantitative estimate of drug-likeness (QED) is 0.317. The topological polar surface area (TPSA) is 9.23 Å². The molecule has 1 fully saturated rings. The molecule has 2 atom stereocenters. The minimum atomic E-state index is -0.845. The number of halogens is 3. The molecule has 1 saturated heterocycles. The fraction of sp³-hybridized carbons (Fsp3) is 0.333. The van der Waals surface area contributed by atoms with Crippen molar-refractivity contribution in [2.45, 2.75) is 52.1 Å². The van der Waals surface area contributed by atoms with Gasteiger partial charge >= 0.3 is 0 Å². The van der Waals surface area contributed by atoms with Crippen LogP contribution < -0.4 is 0 Å². The summed E-state index contributed by atoms with van der Waals surface area (Å²) in [7, 11) is 0. The summed E-state index contributed by atoms with van der Waals surface area (Å²) in [5.41, 5.74) is 3.15. The highest BCUT2D eigenvalue weighted by molar-refractivity contribution is 5.71. The summed E-state index contributed by atoms with van der Waals surface area (Å²) in [6.45, 7) is 4.89. The van der Waals surface area contributed by atoms with Crippen molar-refractivity contribution in [2.24, 2.45) is 5.92 Å². The fourth-order valence-corrected chi connectivity index (χ4v) is 4.47. The van der Waals surface area contributed by atoms with Gasteiger partial charge in [-0.2, -0.15) is 0 Å². The molecule has 1 heterocycles. The number of hydrogen-bond donors (Lipinski definition) is 0. The Morgan fingerprint density at radius 1 is 0.853 bits per heavy atom. The first-order chi connectivity index (χ1) is 16.5. The normalized spacial score (nSPS) is 18.5. The standard InChI is InChI=1S/C30H31F3O/c1-3-4-5-6-7-23-13-16-26(30(33)29(23)32)22-11-9-21(10-12-22)25-15-14-24(18-27(25)31)28-17-8-20(2)19-34-28/h4-5,9-16,18,20,28H,3,6-8,17,19H2,1-2H3/b5-4+. The molecular weight excluding hydrogens is 433 g/mol. The molecule has 3 aromatic carbocycles. The van der Waals surface area contributed by atoms with E-state index in [4.69, 9.17) is 4.74 Å². The van der Waals surface area contributed by atoms with Crippen LogP contribution in [0.25, 0.3) is 22.3 Å². The van der Waals surface area contributed by atoms with Gasteiger partial charge in [-0.15, -0.1) is 0 Å². The van der Waals surface area contributed by atoms with Crippen molar-refractivity contribution in [3.8, 4) is 22.3 Å². The van der Waals surface area contributed by atoms with E-state index >= 15 is 0 Å². The Bertz CT molecular complexity index is 1140. The van der Waals surface area contributed by atoms with E-state index in [9.17, 15) is 13.2 Å². The summed E-state index contributed by atoms with van der Waals surface area (Å²) >= 11 is 0. The van der Waals surface area contributed by atoms with E-state index in [1.807, 2.05) is 25.1 Å². The van der Waals surface area contributed by atoms with Gasteiger partial charge in [0.2, 0.25) is 0 Å². The second kappa shape index (κ2) is 11.1. The molecule has 2 unspecified atom stereocenters. The smallest absolute Gasteiger partial charge is 0.166 e. The van der Waals surface area contributed by atoms with Gasteiger partial charge in [0, 0.05) is 17.7 Å². The van der Waals surface area contributed by atoms with E-state index in [2.05, 4.69) is 6.92 Å². The molecule has 0 saturated carbocycles. The summed E-state index contributed by atoms with van der Waals surface area (Å²) in [6.07, 6.45) is 7.96. The lowest BCUT2D eigenvalue weighted by molar-refractivity contribution is -0.0125. The van der Waals surface area contributed by atoms with Gasteiger partial charge in [0.25, 0.3) is 0 Å². The molecule has 0 aromatic heterocycles. The molecule has 0 bridgehead atoms. The Morgan fingerprint density at radius 3 is 2.21 bits per heavy atom. The molecule has 0 amide bonds. The monoisotopic (exact) mass is 464 g/mol. The Hall–Kier alpha value is -2.85. The van der Waals surface area contributed by atoms with Crippen LogP contribution in [0, 0.1) is 23.4 Å².